The highest BCUT2D eigenvalue weighted by molar-refractivity contribution is 6.23. The predicted molar refractivity (Wildman–Crippen MR) is 83.7 cm³/mol. The van der Waals surface area contributed by atoms with E-state index < -0.39 is 16.6 Å². The van der Waals surface area contributed by atoms with Crippen molar-refractivity contribution in [3.8, 4) is 0 Å². The summed E-state index contributed by atoms with van der Waals surface area (Å²) in [6.45, 7) is 0. The minimum atomic E-state index is -0.541. The maximum atomic E-state index is 12.0. The molecule has 2 aliphatic rings. The molecule has 1 aliphatic carbocycles. The number of amides is 1. The number of non-ortho nitro benzene ring substituents is 1. The molecule has 9 heteroatoms. The third-order valence-electron chi connectivity index (χ3n) is 3.19. The first kappa shape index (κ1) is 15.2. The molecule has 24 heavy (non-hydrogen) atoms. The molecule has 0 bridgehead atoms. The van der Waals surface area contributed by atoms with Crippen molar-refractivity contribution in [1.82, 2.24) is 5.32 Å². The monoisotopic (exact) mass is 323 g/mol. The summed E-state index contributed by atoms with van der Waals surface area (Å²) in [6, 6.07) is 5.68. The normalized spacial score (nSPS) is 15.7. The molecule has 1 amide bonds. The SMILES string of the molecule is O=C(C=Cc1ccc([N+](=O)[O-])cc1)NC1=C2N=NN=C2C=CC1=O. The highest BCUT2D eigenvalue weighted by Crippen LogP contribution is 2.19. The molecule has 0 unspecified atom stereocenters. The van der Waals surface area contributed by atoms with Crippen molar-refractivity contribution in [2.24, 2.45) is 15.4 Å². The van der Waals surface area contributed by atoms with Crippen LogP contribution in [0.5, 0.6) is 0 Å². The molecular formula is C15H9N5O4. The van der Waals surface area contributed by atoms with E-state index in [1.165, 1.54) is 48.6 Å². The number of nitro groups is 1. The van der Waals surface area contributed by atoms with E-state index >= 15 is 0 Å². The number of hydrogen-bond acceptors (Lipinski definition) is 7. The van der Waals surface area contributed by atoms with Gasteiger partial charge < -0.3 is 5.32 Å². The topological polar surface area (TPSA) is 126 Å². The molecular weight excluding hydrogens is 314 g/mol. The molecule has 1 aliphatic heterocycles. The van der Waals surface area contributed by atoms with Crippen molar-refractivity contribution in [1.29, 1.82) is 0 Å². The van der Waals surface area contributed by atoms with Crippen LogP contribution in [0.3, 0.4) is 0 Å². The van der Waals surface area contributed by atoms with Crippen LogP contribution in [0.25, 0.3) is 6.08 Å². The summed E-state index contributed by atoms with van der Waals surface area (Å²) in [5.74, 6) is -0.942. The van der Waals surface area contributed by atoms with Crippen LogP contribution in [0.1, 0.15) is 5.56 Å². The fourth-order valence-corrected chi connectivity index (χ4v) is 2.02. The van der Waals surface area contributed by atoms with Crippen LogP contribution in [-0.4, -0.2) is 22.3 Å². The Hall–Kier alpha value is -3.75. The molecule has 0 spiro atoms. The minimum Gasteiger partial charge on any atom is -0.317 e. The molecule has 1 aromatic carbocycles. The van der Waals surface area contributed by atoms with Gasteiger partial charge in [0, 0.05) is 18.2 Å². The van der Waals surface area contributed by atoms with E-state index in [4.69, 9.17) is 0 Å². The number of nitrogens with zero attached hydrogens (tertiary/aromatic N) is 4. The van der Waals surface area contributed by atoms with Gasteiger partial charge in [0.25, 0.3) is 5.69 Å². The van der Waals surface area contributed by atoms with Gasteiger partial charge in [-0.2, -0.15) is 0 Å². The van der Waals surface area contributed by atoms with Crippen LogP contribution < -0.4 is 5.32 Å². The number of rotatable bonds is 4. The number of carbonyl (C=O) groups excluding carboxylic acids is 2. The van der Waals surface area contributed by atoms with Crippen LogP contribution in [0.15, 0.2) is 69.3 Å². The molecule has 9 nitrogen and oxygen atoms in total. The maximum Gasteiger partial charge on any atom is 0.269 e. The number of benzene rings is 1. The number of fused-ring (bicyclic) bond motifs is 1. The van der Waals surface area contributed by atoms with Crippen molar-refractivity contribution in [3.63, 3.8) is 0 Å². The van der Waals surface area contributed by atoms with E-state index in [9.17, 15) is 19.7 Å². The smallest absolute Gasteiger partial charge is 0.269 e. The number of nitro benzene ring substituents is 1. The Bertz CT molecular complexity index is 891. The van der Waals surface area contributed by atoms with Gasteiger partial charge in [-0.1, -0.05) is 0 Å². The summed E-state index contributed by atoms with van der Waals surface area (Å²) >= 11 is 0. The fraction of sp³-hybridized carbons (Fsp3) is 0. The van der Waals surface area contributed by atoms with Crippen molar-refractivity contribution in [2.45, 2.75) is 0 Å². The number of hydrogen-bond donors (Lipinski definition) is 1. The highest BCUT2D eigenvalue weighted by Gasteiger charge is 2.25. The Morgan fingerprint density at radius 1 is 1.21 bits per heavy atom. The van der Waals surface area contributed by atoms with E-state index in [0.29, 0.717) is 11.3 Å². The molecule has 0 aromatic heterocycles. The molecule has 0 saturated heterocycles. The zero-order valence-corrected chi connectivity index (χ0v) is 12.0. The molecule has 1 aromatic rings. The standard InChI is InChI=1S/C15H9N5O4/c21-12-7-6-11-14(18-19-17-11)15(12)16-13(22)8-3-9-1-4-10(5-2-9)20(23)24/h1-8H,(H,16,22). The number of allylic oxidation sites excluding steroid dienone is 2. The lowest BCUT2D eigenvalue weighted by atomic mass is 10.1. The van der Waals surface area contributed by atoms with Gasteiger partial charge >= 0.3 is 0 Å². The Kier molecular flexibility index (Phi) is 3.89. The Morgan fingerprint density at radius 2 is 1.96 bits per heavy atom. The second-order valence-corrected chi connectivity index (χ2v) is 4.77. The molecule has 0 radical (unpaired) electrons. The molecule has 1 N–H and O–H groups in total. The van der Waals surface area contributed by atoms with Gasteiger partial charge in [0.05, 0.1) is 4.92 Å². The van der Waals surface area contributed by atoms with E-state index in [2.05, 4.69) is 20.8 Å². The lowest BCUT2D eigenvalue weighted by molar-refractivity contribution is -0.384. The Balaban J connectivity index is 1.71. The fourth-order valence-electron chi connectivity index (χ4n) is 2.02. The first-order valence-corrected chi connectivity index (χ1v) is 6.74. The predicted octanol–water partition coefficient (Wildman–Crippen LogP) is 1.90. The van der Waals surface area contributed by atoms with Crippen LogP contribution in [0.4, 0.5) is 5.69 Å². The molecule has 3 rings (SSSR count). The zero-order valence-electron chi connectivity index (χ0n) is 12.0. The summed E-state index contributed by atoms with van der Waals surface area (Å²) in [5, 5.41) is 23.9. The third-order valence-corrected chi connectivity index (χ3v) is 3.19. The van der Waals surface area contributed by atoms with Gasteiger partial charge in [-0.05, 0) is 41.1 Å². The zero-order chi connectivity index (χ0) is 17.1. The van der Waals surface area contributed by atoms with Gasteiger partial charge in [-0.3, -0.25) is 19.7 Å². The first-order chi connectivity index (χ1) is 11.5. The van der Waals surface area contributed by atoms with E-state index in [1.54, 1.807) is 0 Å². The van der Waals surface area contributed by atoms with Gasteiger partial charge in [-0.25, -0.2) is 0 Å². The van der Waals surface area contributed by atoms with Crippen molar-refractivity contribution in [2.75, 3.05) is 0 Å². The summed E-state index contributed by atoms with van der Waals surface area (Å²) in [7, 11) is 0. The second-order valence-electron chi connectivity index (χ2n) is 4.77. The van der Waals surface area contributed by atoms with Crippen LogP contribution in [0.2, 0.25) is 0 Å². The number of carbonyl (C=O) groups is 2. The molecule has 0 fully saturated rings. The lowest BCUT2D eigenvalue weighted by Gasteiger charge is -2.10. The molecule has 0 atom stereocenters. The van der Waals surface area contributed by atoms with E-state index in [0.717, 1.165) is 0 Å². The van der Waals surface area contributed by atoms with Gasteiger partial charge in [0.15, 0.2) is 0 Å². The highest BCUT2D eigenvalue weighted by atomic mass is 16.6. The van der Waals surface area contributed by atoms with E-state index in [-0.39, 0.29) is 17.1 Å². The van der Waals surface area contributed by atoms with Crippen molar-refractivity contribution >= 4 is 29.2 Å². The first-order valence-electron chi connectivity index (χ1n) is 6.74. The van der Waals surface area contributed by atoms with Crippen LogP contribution in [0, 0.1) is 10.1 Å². The lowest BCUT2D eigenvalue weighted by Crippen LogP contribution is -2.29. The Labute approximate surface area is 134 Å². The molecule has 1 heterocycles. The summed E-state index contributed by atoms with van der Waals surface area (Å²) < 4.78 is 0. The summed E-state index contributed by atoms with van der Waals surface area (Å²) in [4.78, 5) is 33.9. The van der Waals surface area contributed by atoms with E-state index in [1.807, 2.05) is 0 Å². The largest absolute Gasteiger partial charge is 0.317 e. The molecule has 0 saturated carbocycles. The van der Waals surface area contributed by atoms with Gasteiger partial charge in [0.1, 0.15) is 17.1 Å². The van der Waals surface area contributed by atoms with Crippen LogP contribution >= 0.6 is 0 Å². The van der Waals surface area contributed by atoms with Gasteiger partial charge in [0.2, 0.25) is 11.7 Å². The minimum absolute atomic E-state index is 0.0100. The van der Waals surface area contributed by atoms with Crippen molar-refractivity contribution in [3.05, 3.63) is 69.6 Å². The number of ketones is 1. The Morgan fingerprint density at radius 3 is 2.67 bits per heavy atom. The van der Waals surface area contributed by atoms with Crippen LogP contribution in [-0.2, 0) is 9.59 Å². The van der Waals surface area contributed by atoms with Crippen molar-refractivity contribution < 1.29 is 14.5 Å². The number of nitrogens with one attached hydrogen (secondary N) is 1. The molecule has 118 valence electrons. The third kappa shape index (κ3) is 3.04. The summed E-state index contributed by atoms with van der Waals surface area (Å²) in [5.41, 5.74) is 1.20. The summed E-state index contributed by atoms with van der Waals surface area (Å²) in [6.07, 6.45) is 5.43. The quantitative estimate of drug-likeness (QED) is 0.393. The second kappa shape index (κ2) is 6.16. The average Bonchev–Trinajstić information content (AvgIpc) is 3.05. The maximum absolute atomic E-state index is 12.0. The van der Waals surface area contributed by atoms with Gasteiger partial charge in [-0.15, -0.1) is 10.2 Å². The average molecular weight is 323 g/mol.